The lowest BCUT2D eigenvalue weighted by Gasteiger charge is -2.13. The molecule has 0 saturated heterocycles. The van der Waals surface area contributed by atoms with E-state index in [1.165, 1.54) is 32.2 Å². The van der Waals surface area contributed by atoms with E-state index in [-0.39, 0.29) is 5.91 Å². The van der Waals surface area contributed by atoms with Gasteiger partial charge in [0.05, 0.1) is 40.3 Å². The molecule has 1 heterocycles. The number of benzene rings is 2. The molecule has 2 aromatic carbocycles. The number of hydrogen-bond donors (Lipinski definition) is 1. The van der Waals surface area contributed by atoms with Crippen LogP contribution in [0.15, 0.2) is 42.6 Å². The van der Waals surface area contributed by atoms with Crippen LogP contribution in [0.1, 0.15) is 10.4 Å². The first kappa shape index (κ1) is 19.1. The summed E-state index contributed by atoms with van der Waals surface area (Å²) in [6, 6.07) is 10.4. The number of carbonyl (C=O) groups excluding carboxylic acids is 1. The largest absolute Gasteiger partial charge is 0.497 e. The van der Waals surface area contributed by atoms with Crippen molar-refractivity contribution >= 4 is 11.6 Å². The van der Waals surface area contributed by atoms with Crippen LogP contribution in [0.25, 0.3) is 11.3 Å². The van der Waals surface area contributed by atoms with E-state index in [9.17, 15) is 4.79 Å². The lowest BCUT2D eigenvalue weighted by atomic mass is 10.1. The fourth-order valence-electron chi connectivity index (χ4n) is 2.80. The maximum atomic E-state index is 13.0. The molecular formula is C20H21N3O5. The summed E-state index contributed by atoms with van der Waals surface area (Å²) >= 11 is 0. The molecule has 3 rings (SSSR count). The molecule has 0 bridgehead atoms. The Morgan fingerprint density at radius 2 is 1.54 bits per heavy atom. The Hall–Kier alpha value is -3.68. The first-order chi connectivity index (χ1) is 13.5. The van der Waals surface area contributed by atoms with E-state index in [2.05, 4.69) is 5.10 Å². The summed E-state index contributed by atoms with van der Waals surface area (Å²) in [6.07, 6.45) is 1.48. The number of nitrogen functional groups attached to an aromatic ring is 1. The second-order valence-electron chi connectivity index (χ2n) is 5.83. The van der Waals surface area contributed by atoms with Crippen molar-refractivity contribution in [1.29, 1.82) is 0 Å². The van der Waals surface area contributed by atoms with Crippen LogP contribution in [-0.4, -0.2) is 44.1 Å². The Labute approximate surface area is 162 Å². The molecule has 0 atom stereocenters. The van der Waals surface area contributed by atoms with E-state index in [0.29, 0.717) is 34.2 Å². The van der Waals surface area contributed by atoms with Crippen molar-refractivity contribution in [1.82, 2.24) is 9.78 Å². The average Bonchev–Trinajstić information content (AvgIpc) is 3.13. The molecule has 146 valence electrons. The van der Waals surface area contributed by atoms with Gasteiger partial charge in [-0.2, -0.15) is 5.10 Å². The molecule has 0 saturated carbocycles. The Balaban J connectivity index is 1.99. The Bertz CT molecular complexity index is 971. The zero-order valence-electron chi connectivity index (χ0n) is 16.1. The number of aromatic nitrogens is 2. The van der Waals surface area contributed by atoms with Crippen LogP contribution in [-0.2, 0) is 0 Å². The average molecular weight is 383 g/mol. The van der Waals surface area contributed by atoms with Crippen LogP contribution >= 0.6 is 0 Å². The van der Waals surface area contributed by atoms with Gasteiger partial charge < -0.3 is 24.7 Å². The third kappa shape index (κ3) is 3.44. The maximum Gasteiger partial charge on any atom is 0.278 e. The summed E-state index contributed by atoms with van der Waals surface area (Å²) in [5, 5.41) is 4.35. The minimum atomic E-state index is -0.384. The van der Waals surface area contributed by atoms with Gasteiger partial charge in [-0.25, -0.2) is 4.68 Å². The monoisotopic (exact) mass is 383 g/mol. The van der Waals surface area contributed by atoms with Crippen molar-refractivity contribution < 1.29 is 23.7 Å². The second kappa shape index (κ2) is 7.91. The van der Waals surface area contributed by atoms with Gasteiger partial charge in [-0.05, 0) is 36.4 Å². The highest BCUT2D eigenvalue weighted by molar-refractivity contribution is 5.97. The Morgan fingerprint density at radius 3 is 2.04 bits per heavy atom. The number of nitrogens with zero attached hydrogens (tertiary/aromatic N) is 2. The highest BCUT2D eigenvalue weighted by atomic mass is 16.5. The maximum absolute atomic E-state index is 13.0. The van der Waals surface area contributed by atoms with Crippen LogP contribution in [0.2, 0.25) is 0 Å². The molecule has 0 spiro atoms. The van der Waals surface area contributed by atoms with Gasteiger partial charge in [-0.3, -0.25) is 4.79 Å². The molecule has 0 fully saturated rings. The highest BCUT2D eigenvalue weighted by Gasteiger charge is 2.20. The predicted molar refractivity (Wildman–Crippen MR) is 104 cm³/mol. The van der Waals surface area contributed by atoms with E-state index >= 15 is 0 Å². The van der Waals surface area contributed by atoms with Crippen molar-refractivity contribution in [2.24, 2.45) is 0 Å². The summed E-state index contributed by atoms with van der Waals surface area (Å²) < 4.78 is 22.2. The highest BCUT2D eigenvalue weighted by Crippen LogP contribution is 2.38. The molecule has 3 aromatic rings. The third-order valence-corrected chi connectivity index (χ3v) is 4.23. The van der Waals surface area contributed by atoms with Gasteiger partial charge in [0.15, 0.2) is 11.5 Å². The van der Waals surface area contributed by atoms with E-state index in [4.69, 9.17) is 24.7 Å². The standard InChI is InChI=1S/C20H21N3O5/c1-25-14-7-5-12(6-8-14)18-15(21)11-23(22-18)20(24)13-9-16(26-2)19(28-4)17(10-13)27-3/h5-11H,21H2,1-4H3. The molecule has 0 unspecified atom stereocenters. The molecular weight excluding hydrogens is 362 g/mol. The molecule has 0 amide bonds. The number of nitrogens with two attached hydrogens (primary N) is 1. The van der Waals surface area contributed by atoms with E-state index in [0.717, 1.165) is 11.3 Å². The number of carbonyl (C=O) groups is 1. The fourth-order valence-corrected chi connectivity index (χ4v) is 2.80. The molecule has 8 heteroatoms. The third-order valence-electron chi connectivity index (χ3n) is 4.23. The van der Waals surface area contributed by atoms with Crippen LogP contribution < -0.4 is 24.7 Å². The lowest BCUT2D eigenvalue weighted by Crippen LogP contribution is -2.13. The van der Waals surface area contributed by atoms with E-state index < -0.39 is 0 Å². The van der Waals surface area contributed by atoms with Crippen molar-refractivity contribution in [2.75, 3.05) is 34.2 Å². The van der Waals surface area contributed by atoms with Crippen molar-refractivity contribution in [2.45, 2.75) is 0 Å². The van der Waals surface area contributed by atoms with Crippen LogP contribution in [0.3, 0.4) is 0 Å². The number of ether oxygens (including phenoxy) is 4. The smallest absolute Gasteiger partial charge is 0.278 e. The lowest BCUT2D eigenvalue weighted by molar-refractivity contribution is 0.0944. The van der Waals surface area contributed by atoms with Gasteiger partial charge >= 0.3 is 0 Å². The zero-order chi connectivity index (χ0) is 20.3. The fraction of sp³-hybridized carbons (Fsp3) is 0.200. The predicted octanol–water partition coefficient (Wildman–Crippen LogP) is 2.86. The normalized spacial score (nSPS) is 10.4. The molecule has 0 radical (unpaired) electrons. The van der Waals surface area contributed by atoms with Crippen molar-refractivity contribution in [3.05, 3.63) is 48.2 Å². The second-order valence-corrected chi connectivity index (χ2v) is 5.83. The van der Waals surface area contributed by atoms with Gasteiger partial charge in [0.1, 0.15) is 11.4 Å². The van der Waals surface area contributed by atoms with Crippen molar-refractivity contribution in [3.63, 3.8) is 0 Å². The molecule has 2 N–H and O–H groups in total. The van der Waals surface area contributed by atoms with Crippen LogP contribution in [0.4, 0.5) is 5.69 Å². The summed E-state index contributed by atoms with van der Waals surface area (Å²) in [5.74, 6) is 1.49. The first-order valence-electron chi connectivity index (χ1n) is 8.36. The summed E-state index contributed by atoms with van der Waals surface area (Å²) in [4.78, 5) is 13.0. The Kier molecular flexibility index (Phi) is 5.39. The van der Waals surface area contributed by atoms with Gasteiger partial charge in [0.2, 0.25) is 5.75 Å². The van der Waals surface area contributed by atoms with E-state index in [1.54, 1.807) is 31.4 Å². The SMILES string of the molecule is COc1ccc(-c2nn(C(=O)c3cc(OC)c(OC)c(OC)c3)cc2N)cc1. The number of rotatable bonds is 6. The number of anilines is 1. The van der Waals surface area contributed by atoms with Crippen molar-refractivity contribution in [3.8, 4) is 34.3 Å². The number of hydrogen-bond acceptors (Lipinski definition) is 7. The topological polar surface area (TPSA) is 97.8 Å². The van der Waals surface area contributed by atoms with Crippen LogP contribution in [0.5, 0.6) is 23.0 Å². The number of methoxy groups -OCH3 is 4. The molecule has 8 nitrogen and oxygen atoms in total. The first-order valence-corrected chi connectivity index (χ1v) is 8.36. The zero-order valence-corrected chi connectivity index (χ0v) is 16.1. The minimum absolute atomic E-state index is 0.318. The summed E-state index contributed by atoms with van der Waals surface area (Å²) in [7, 11) is 6.06. The molecule has 0 aliphatic heterocycles. The summed E-state index contributed by atoms with van der Waals surface area (Å²) in [6.45, 7) is 0. The Morgan fingerprint density at radius 1 is 0.929 bits per heavy atom. The van der Waals surface area contributed by atoms with Crippen LogP contribution in [0, 0.1) is 0 Å². The molecule has 1 aromatic heterocycles. The summed E-state index contributed by atoms with van der Waals surface area (Å²) in [5.41, 5.74) is 8.06. The van der Waals surface area contributed by atoms with Gasteiger partial charge in [-0.15, -0.1) is 0 Å². The quantitative estimate of drug-likeness (QED) is 0.699. The molecule has 28 heavy (non-hydrogen) atoms. The van der Waals surface area contributed by atoms with Gasteiger partial charge in [-0.1, -0.05) is 0 Å². The van der Waals surface area contributed by atoms with Gasteiger partial charge in [0.25, 0.3) is 5.91 Å². The molecule has 0 aliphatic rings. The van der Waals surface area contributed by atoms with Gasteiger partial charge in [0, 0.05) is 11.1 Å². The molecule has 0 aliphatic carbocycles. The van der Waals surface area contributed by atoms with E-state index in [1.807, 2.05) is 12.1 Å². The minimum Gasteiger partial charge on any atom is -0.497 e.